The van der Waals surface area contributed by atoms with Gasteiger partial charge >= 0.3 is 12.1 Å². The zero-order chi connectivity index (χ0) is 15.6. The first-order valence-electron chi connectivity index (χ1n) is 5.55. The first-order valence-corrected chi connectivity index (χ1v) is 7.23. The van der Waals surface area contributed by atoms with Crippen molar-refractivity contribution in [3.8, 4) is 0 Å². The van der Waals surface area contributed by atoms with Gasteiger partial charge in [-0.15, -0.1) is 11.3 Å². The lowest BCUT2D eigenvalue weighted by Gasteiger charge is -2.12. The molecule has 0 saturated heterocycles. The molecule has 0 amide bonds. The molecule has 4 nitrogen and oxygen atoms in total. The number of carboxylic acids is 1. The van der Waals surface area contributed by atoms with E-state index in [4.69, 9.17) is 5.11 Å². The van der Waals surface area contributed by atoms with E-state index in [1.807, 2.05) is 0 Å². The van der Waals surface area contributed by atoms with Crippen molar-refractivity contribution in [2.24, 2.45) is 0 Å². The van der Waals surface area contributed by atoms with Crippen LogP contribution in [0.5, 0.6) is 0 Å². The van der Waals surface area contributed by atoms with Crippen LogP contribution in [0.15, 0.2) is 28.1 Å². The summed E-state index contributed by atoms with van der Waals surface area (Å²) in [7, 11) is 0. The summed E-state index contributed by atoms with van der Waals surface area (Å²) in [5.41, 5.74) is -0.0544. The summed E-state index contributed by atoms with van der Waals surface area (Å²) in [6.45, 7) is 0.142. The minimum absolute atomic E-state index is 0.0395. The summed E-state index contributed by atoms with van der Waals surface area (Å²) >= 11 is 3.82. The molecule has 2 N–H and O–H groups in total. The number of anilines is 1. The van der Waals surface area contributed by atoms with E-state index >= 15 is 0 Å². The minimum Gasteiger partial charge on any atom is -0.476 e. The van der Waals surface area contributed by atoms with Gasteiger partial charge in [0.1, 0.15) is 0 Å². The third-order valence-corrected chi connectivity index (χ3v) is 4.05. The van der Waals surface area contributed by atoms with E-state index < -0.39 is 17.7 Å². The third-order valence-electron chi connectivity index (χ3n) is 2.48. The topological polar surface area (TPSA) is 62.2 Å². The van der Waals surface area contributed by atoms with Gasteiger partial charge in [0.05, 0.1) is 17.8 Å². The van der Waals surface area contributed by atoms with Crippen LogP contribution in [-0.2, 0) is 12.7 Å². The highest BCUT2D eigenvalue weighted by Gasteiger charge is 2.33. The lowest BCUT2D eigenvalue weighted by atomic mass is 10.2. The van der Waals surface area contributed by atoms with Gasteiger partial charge in [-0.05, 0) is 18.2 Å². The van der Waals surface area contributed by atoms with Gasteiger partial charge in [0, 0.05) is 15.5 Å². The van der Waals surface area contributed by atoms with Crippen LogP contribution in [0.1, 0.15) is 21.1 Å². The molecule has 0 saturated carbocycles. The Balaban J connectivity index is 2.11. The van der Waals surface area contributed by atoms with Crippen molar-refractivity contribution in [1.82, 2.24) is 4.98 Å². The highest BCUT2D eigenvalue weighted by Crippen LogP contribution is 2.36. The molecule has 2 aromatic rings. The smallest absolute Gasteiger partial charge is 0.417 e. The van der Waals surface area contributed by atoms with Crippen LogP contribution in [0.2, 0.25) is 0 Å². The number of alkyl halides is 3. The molecule has 0 radical (unpaired) electrons. The van der Waals surface area contributed by atoms with Gasteiger partial charge in [0.2, 0.25) is 5.01 Å². The quantitative estimate of drug-likeness (QED) is 0.832. The van der Waals surface area contributed by atoms with Crippen LogP contribution >= 0.6 is 27.3 Å². The average Bonchev–Trinajstić information content (AvgIpc) is 2.85. The largest absolute Gasteiger partial charge is 0.476 e. The van der Waals surface area contributed by atoms with E-state index in [9.17, 15) is 18.0 Å². The van der Waals surface area contributed by atoms with Gasteiger partial charge in [-0.1, -0.05) is 15.9 Å². The maximum Gasteiger partial charge on any atom is 0.417 e. The van der Waals surface area contributed by atoms with Crippen LogP contribution in [0.3, 0.4) is 0 Å². The van der Waals surface area contributed by atoms with Crippen LogP contribution in [-0.4, -0.2) is 16.1 Å². The molecule has 21 heavy (non-hydrogen) atoms. The number of hydrogen-bond donors (Lipinski definition) is 2. The molecule has 0 aliphatic rings. The second kappa shape index (κ2) is 6.02. The molecule has 0 aliphatic carbocycles. The Morgan fingerprint density at radius 1 is 1.43 bits per heavy atom. The second-order valence-corrected chi connectivity index (χ2v) is 5.71. The Hall–Kier alpha value is -1.61. The van der Waals surface area contributed by atoms with Crippen molar-refractivity contribution >= 4 is 38.9 Å². The molecular weight excluding hydrogens is 373 g/mol. The molecule has 1 aromatic carbocycles. The molecule has 1 heterocycles. The van der Waals surface area contributed by atoms with Crippen molar-refractivity contribution in [1.29, 1.82) is 0 Å². The second-order valence-electron chi connectivity index (χ2n) is 4.00. The number of carboxylic acid groups (broad SMARTS) is 1. The summed E-state index contributed by atoms with van der Waals surface area (Å²) in [6.07, 6.45) is -4.45. The number of aromatic nitrogens is 1. The van der Waals surface area contributed by atoms with Crippen LogP contribution < -0.4 is 5.32 Å². The fourth-order valence-corrected chi connectivity index (χ4v) is 2.66. The van der Waals surface area contributed by atoms with Crippen LogP contribution in [0.4, 0.5) is 18.9 Å². The molecule has 0 bridgehead atoms. The van der Waals surface area contributed by atoms with Gasteiger partial charge in [-0.25, -0.2) is 9.78 Å². The molecule has 0 aliphatic heterocycles. The van der Waals surface area contributed by atoms with Crippen LogP contribution in [0.25, 0.3) is 0 Å². The number of thiazole rings is 1. The van der Waals surface area contributed by atoms with E-state index in [-0.39, 0.29) is 21.7 Å². The number of halogens is 4. The zero-order valence-corrected chi connectivity index (χ0v) is 12.6. The van der Waals surface area contributed by atoms with Gasteiger partial charge in [0.15, 0.2) is 0 Å². The molecule has 0 fully saturated rings. The number of rotatable bonds is 4. The average molecular weight is 381 g/mol. The summed E-state index contributed by atoms with van der Waals surface area (Å²) in [5, 5.41) is 13.0. The molecule has 0 unspecified atom stereocenters. The van der Waals surface area contributed by atoms with Crippen molar-refractivity contribution < 1.29 is 23.1 Å². The minimum atomic E-state index is -4.45. The summed E-state index contributed by atoms with van der Waals surface area (Å²) in [6, 6.07) is 3.77. The van der Waals surface area contributed by atoms with Gasteiger partial charge in [-0.2, -0.15) is 13.2 Å². The Bertz CT molecular complexity index is 673. The van der Waals surface area contributed by atoms with Gasteiger partial charge in [-0.3, -0.25) is 0 Å². The maximum absolute atomic E-state index is 12.8. The predicted molar refractivity (Wildman–Crippen MR) is 75.5 cm³/mol. The van der Waals surface area contributed by atoms with E-state index in [1.54, 1.807) is 5.38 Å². The van der Waals surface area contributed by atoms with E-state index in [0.717, 1.165) is 17.4 Å². The maximum atomic E-state index is 12.8. The van der Waals surface area contributed by atoms with Crippen molar-refractivity contribution in [2.45, 2.75) is 12.7 Å². The van der Waals surface area contributed by atoms with E-state index in [1.165, 1.54) is 12.1 Å². The molecule has 9 heteroatoms. The lowest BCUT2D eigenvalue weighted by Crippen LogP contribution is -2.08. The third kappa shape index (κ3) is 3.94. The lowest BCUT2D eigenvalue weighted by molar-refractivity contribution is -0.138. The monoisotopic (exact) mass is 380 g/mol. The molecule has 1 aromatic heterocycles. The van der Waals surface area contributed by atoms with Crippen molar-refractivity contribution in [3.63, 3.8) is 0 Å². The normalized spacial score (nSPS) is 11.4. The molecule has 0 atom stereocenters. The van der Waals surface area contributed by atoms with Crippen molar-refractivity contribution in [2.75, 3.05) is 5.32 Å². The SMILES string of the molecule is O=C(O)c1nc(CNc2ccc(Br)c(C(F)(F)F)c2)cs1. The highest BCUT2D eigenvalue weighted by molar-refractivity contribution is 9.10. The highest BCUT2D eigenvalue weighted by atomic mass is 79.9. The molecule has 2 rings (SSSR count). The summed E-state index contributed by atoms with van der Waals surface area (Å²) in [4.78, 5) is 14.5. The number of hydrogen-bond acceptors (Lipinski definition) is 4. The van der Waals surface area contributed by atoms with Gasteiger partial charge < -0.3 is 10.4 Å². The summed E-state index contributed by atoms with van der Waals surface area (Å²) < 4.78 is 38.2. The Morgan fingerprint density at radius 2 is 2.14 bits per heavy atom. The number of nitrogens with one attached hydrogen (secondary N) is 1. The summed E-state index contributed by atoms with van der Waals surface area (Å²) in [5.74, 6) is -1.13. The first-order chi connectivity index (χ1) is 9.77. The standard InChI is InChI=1S/C12H8BrF3N2O2S/c13-9-2-1-6(3-8(9)12(14,15)16)17-4-7-5-21-10(18-7)11(19)20/h1-3,5,17H,4H2,(H,19,20). The fraction of sp³-hybridized carbons (Fsp3) is 0.167. The fourth-order valence-electron chi connectivity index (χ4n) is 1.53. The molecule has 0 spiro atoms. The number of nitrogens with zero attached hydrogens (tertiary/aromatic N) is 1. The first kappa shape index (κ1) is 15.8. The zero-order valence-electron chi connectivity index (χ0n) is 10.2. The van der Waals surface area contributed by atoms with Crippen LogP contribution in [0, 0.1) is 0 Å². The number of aromatic carboxylic acids is 1. The molecule has 112 valence electrons. The number of benzene rings is 1. The molecular formula is C12H8BrF3N2O2S. The Morgan fingerprint density at radius 3 is 2.71 bits per heavy atom. The van der Waals surface area contributed by atoms with Gasteiger partial charge in [0.25, 0.3) is 0 Å². The van der Waals surface area contributed by atoms with E-state index in [2.05, 4.69) is 26.2 Å². The Labute approximate surface area is 129 Å². The number of carbonyl (C=O) groups is 1. The predicted octanol–water partition coefficient (Wildman–Crippen LogP) is 4.23. The van der Waals surface area contributed by atoms with E-state index in [0.29, 0.717) is 5.69 Å². The van der Waals surface area contributed by atoms with Crippen molar-refractivity contribution in [3.05, 3.63) is 44.3 Å². The Kier molecular flexibility index (Phi) is 4.52.